The number of benzene rings is 4. The highest BCUT2D eigenvalue weighted by Crippen LogP contribution is 2.49. The molecule has 7 nitrogen and oxygen atoms in total. The maximum Gasteiger partial charge on any atom is 0.255 e. The number of amides is 2. The second-order valence-electron chi connectivity index (χ2n) is 10.0. The second-order valence-corrected chi connectivity index (χ2v) is 10.8. The Morgan fingerprint density at radius 1 is 0.750 bits per heavy atom. The molecule has 4 aromatic carbocycles. The Labute approximate surface area is 242 Å². The Hall–Kier alpha value is -4.20. The van der Waals surface area contributed by atoms with Crippen molar-refractivity contribution in [3.63, 3.8) is 0 Å². The van der Waals surface area contributed by atoms with E-state index in [9.17, 15) is 9.59 Å². The maximum absolute atomic E-state index is 12.8. The van der Waals surface area contributed by atoms with Crippen LogP contribution in [0.1, 0.15) is 57.7 Å². The van der Waals surface area contributed by atoms with Crippen molar-refractivity contribution in [2.45, 2.75) is 25.8 Å². The Morgan fingerprint density at radius 2 is 1.27 bits per heavy atom. The van der Waals surface area contributed by atoms with Crippen LogP contribution in [0, 0.1) is 5.92 Å². The van der Waals surface area contributed by atoms with Crippen LogP contribution >= 0.6 is 23.2 Å². The number of hydrogen-bond donors (Lipinski definition) is 5. The van der Waals surface area contributed by atoms with Crippen molar-refractivity contribution in [2.24, 2.45) is 5.92 Å². The lowest BCUT2D eigenvalue weighted by Gasteiger charge is -2.38. The van der Waals surface area contributed by atoms with Gasteiger partial charge in [0.05, 0.1) is 27.5 Å². The van der Waals surface area contributed by atoms with Crippen LogP contribution in [0.25, 0.3) is 0 Å². The first kappa shape index (κ1) is 27.4. The molecule has 0 saturated carbocycles. The molecule has 0 fully saturated rings. The zero-order valence-electron chi connectivity index (χ0n) is 22.0. The number of nitrogens with one attached hydrogen (secondary N) is 3. The number of carbonyl (C=O) groups excluding carboxylic acids is 2. The Balaban J connectivity index is 1.35. The predicted molar refractivity (Wildman–Crippen MR) is 164 cm³/mol. The van der Waals surface area contributed by atoms with Gasteiger partial charge in [-0.2, -0.15) is 0 Å². The van der Waals surface area contributed by atoms with Crippen LogP contribution in [0.3, 0.4) is 0 Å². The van der Waals surface area contributed by atoms with Gasteiger partial charge in [0, 0.05) is 28.2 Å². The van der Waals surface area contributed by atoms with Crippen LogP contribution in [0.2, 0.25) is 10.0 Å². The summed E-state index contributed by atoms with van der Waals surface area (Å²) in [6.45, 7) is 4.27. The van der Waals surface area contributed by atoms with E-state index >= 15 is 0 Å². The molecule has 0 saturated heterocycles. The van der Waals surface area contributed by atoms with E-state index in [0.29, 0.717) is 43.9 Å². The number of rotatable bonds is 5. The molecule has 0 aliphatic carbocycles. The smallest absolute Gasteiger partial charge is 0.255 e. The number of anilines is 5. The van der Waals surface area contributed by atoms with Gasteiger partial charge in [0.1, 0.15) is 0 Å². The van der Waals surface area contributed by atoms with Crippen LogP contribution in [0.5, 0.6) is 0 Å². The average molecular weight is 575 g/mol. The van der Waals surface area contributed by atoms with Crippen molar-refractivity contribution in [2.75, 3.05) is 27.4 Å². The Bertz CT molecular complexity index is 1590. The minimum atomic E-state index is -0.268. The molecule has 0 bridgehead atoms. The van der Waals surface area contributed by atoms with Gasteiger partial charge >= 0.3 is 0 Å². The summed E-state index contributed by atoms with van der Waals surface area (Å²) in [5, 5.41) is 10.3. The molecule has 1 aliphatic heterocycles. The van der Waals surface area contributed by atoms with E-state index in [0.717, 1.165) is 16.8 Å². The molecule has 0 radical (unpaired) electrons. The first-order valence-electron chi connectivity index (χ1n) is 12.8. The van der Waals surface area contributed by atoms with E-state index < -0.39 is 0 Å². The summed E-state index contributed by atoms with van der Waals surface area (Å²) >= 11 is 13.5. The lowest BCUT2D eigenvalue weighted by atomic mass is 9.77. The molecule has 9 heteroatoms. The quantitative estimate of drug-likeness (QED) is 0.157. The molecule has 2 amide bonds. The zero-order valence-corrected chi connectivity index (χ0v) is 23.5. The molecule has 1 heterocycles. The van der Waals surface area contributed by atoms with E-state index in [1.807, 2.05) is 24.3 Å². The fourth-order valence-electron chi connectivity index (χ4n) is 4.98. The van der Waals surface area contributed by atoms with Gasteiger partial charge in [-0.1, -0.05) is 43.1 Å². The van der Waals surface area contributed by atoms with Gasteiger partial charge in [0.2, 0.25) is 0 Å². The van der Waals surface area contributed by atoms with Gasteiger partial charge in [-0.3, -0.25) is 9.59 Å². The summed E-state index contributed by atoms with van der Waals surface area (Å²) in [6, 6.07) is 22.7. The van der Waals surface area contributed by atoms with E-state index in [2.05, 4.69) is 29.8 Å². The Kier molecular flexibility index (Phi) is 7.61. The standard InChI is InChI=1S/C31H29Cl2N5O2/c1-16-17(2)29(20-7-12-24(23(32)15-20)37-30(39)18-3-8-21(34)9-4-18)36-25-13-14-26(28(33)27(16)25)38-31(40)19-5-10-22(35)11-6-19/h3-17,29,36H,34-35H2,1-2H3,(H,37,39)(H,38,40). The summed E-state index contributed by atoms with van der Waals surface area (Å²) in [5.41, 5.74) is 17.5. The topological polar surface area (TPSA) is 122 Å². The number of hydrogen-bond acceptors (Lipinski definition) is 5. The molecule has 3 atom stereocenters. The summed E-state index contributed by atoms with van der Waals surface area (Å²) in [4.78, 5) is 25.4. The normalized spacial score (nSPS) is 17.9. The minimum absolute atomic E-state index is 0.0480. The van der Waals surface area contributed by atoms with Gasteiger partial charge in [0.15, 0.2) is 0 Å². The third-order valence-electron chi connectivity index (χ3n) is 7.45. The molecule has 1 aliphatic rings. The van der Waals surface area contributed by atoms with E-state index in [1.54, 1.807) is 54.6 Å². The average Bonchev–Trinajstić information content (AvgIpc) is 2.93. The molecule has 0 spiro atoms. The third-order valence-corrected chi connectivity index (χ3v) is 8.17. The van der Waals surface area contributed by atoms with E-state index in [4.69, 9.17) is 34.7 Å². The van der Waals surface area contributed by atoms with Gasteiger partial charge < -0.3 is 27.4 Å². The largest absolute Gasteiger partial charge is 0.399 e. The molecule has 3 unspecified atom stereocenters. The van der Waals surface area contributed by atoms with E-state index in [1.165, 1.54) is 0 Å². The number of nitrogens with two attached hydrogens (primary N) is 2. The monoisotopic (exact) mass is 573 g/mol. The molecule has 4 aromatic rings. The summed E-state index contributed by atoms with van der Waals surface area (Å²) in [5.74, 6) is -0.317. The van der Waals surface area contributed by atoms with Gasteiger partial charge in [-0.15, -0.1) is 0 Å². The second kappa shape index (κ2) is 11.1. The lowest BCUT2D eigenvalue weighted by molar-refractivity contribution is 0.101. The van der Waals surface area contributed by atoms with Crippen LogP contribution in [-0.4, -0.2) is 11.8 Å². The lowest BCUT2D eigenvalue weighted by Crippen LogP contribution is -2.29. The first-order chi connectivity index (χ1) is 19.1. The van der Waals surface area contributed by atoms with Crippen molar-refractivity contribution < 1.29 is 9.59 Å². The number of nitrogen functional groups attached to an aromatic ring is 2. The maximum atomic E-state index is 12.8. The van der Waals surface area contributed by atoms with Gasteiger partial charge in [0.25, 0.3) is 11.8 Å². The minimum Gasteiger partial charge on any atom is -0.399 e. The molecule has 5 rings (SSSR count). The summed E-state index contributed by atoms with van der Waals surface area (Å²) in [7, 11) is 0. The van der Waals surface area contributed by atoms with Crippen molar-refractivity contribution in [3.8, 4) is 0 Å². The highest BCUT2D eigenvalue weighted by atomic mass is 35.5. The summed E-state index contributed by atoms with van der Waals surface area (Å²) < 4.78 is 0. The molecule has 7 N–H and O–H groups in total. The third kappa shape index (κ3) is 5.43. The van der Waals surface area contributed by atoms with E-state index in [-0.39, 0.29) is 29.7 Å². The van der Waals surface area contributed by atoms with Crippen LogP contribution < -0.4 is 27.4 Å². The fourth-order valence-corrected chi connectivity index (χ4v) is 5.60. The number of halogens is 2. The SMILES string of the molecule is CC1c2c(ccc(NC(=O)c3ccc(N)cc3)c2Cl)NC(c2ccc(NC(=O)c3ccc(N)cc3)c(Cl)c2)C1C. The van der Waals surface area contributed by atoms with Crippen molar-refractivity contribution in [1.29, 1.82) is 0 Å². The molecular weight excluding hydrogens is 545 g/mol. The molecule has 0 aromatic heterocycles. The highest BCUT2D eigenvalue weighted by molar-refractivity contribution is 6.35. The Morgan fingerprint density at radius 3 is 1.82 bits per heavy atom. The molecular formula is C31H29Cl2N5O2. The number of carbonyl (C=O) groups is 2. The van der Waals surface area contributed by atoms with Gasteiger partial charge in [-0.05, 0) is 95.8 Å². The van der Waals surface area contributed by atoms with Crippen molar-refractivity contribution in [1.82, 2.24) is 0 Å². The van der Waals surface area contributed by atoms with Gasteiger partial charge in [-0.25, -0.2) is 0 Å². The zero-order chi connectivity index (χ0) is 28.6. The van der Waals surface area contributed by atoms with Crippen molar-refractivity contribution in [3.05, 3.63) is 111 Å². The summed E-state index contributed by atoms with van der Waals surface area (Å²) in [6.07, 6.45) is 0. The van der Waals surface area contributed by atoms with Crippen molar-refractivity contribution >= 4 is 63.5 Å². The van der Waals surface area contributed by atoms with Crippen LogP contribution in [-0.2, 0) is 0 Å². The van der Waals surface area contributed by atoms with Crippen LogP contribution in [0.15, 0.2) is 78.9 Å². The number of fused-ring (bicyclic) bond motifs is 1. The first-order valence-corrected chi connectivity index (χ1v) is 13.6. The molecule has 40 heavy (non-hydrogen) atoms. The molecule has 204 valence electrons. The predicted octanol–water partition coefficient (Wildman–Crippen LogP) is 7.57. The van der Waals surface area contributed by atoms with Crippen LogP contribution in [0.4, 0.5) is 28.4 Å². The fraction of sp³-hybridized carbons (Fsp3) is 0.161. The highest BCUT2D eigenvalue weighted by Gasteiger charge is 2.34.